The lowest BCUT2D eigenvalue weighted by molar-refractivity contribution is -0.0446. The highest BCUT2D eigenvalue weighted by Crippen LogP contribution is 2.38. The number of aromatic amines is 1. The van der Waals surface area contributed by atoms with Gasteiger partial charge in [0.2, 0.25) is 0 Å². The summed E-state index contributed by atoms with van der Waals surface area (Å²) >= 11 is 2.79. The number of rotatable bonds is 6. The van der Waals surface area contributed by atoms with Crippen molar-refractivity contribution in [3.8, 4) is 22.3 Å². The van der Waals surface area contributed by atoms with Crippen LogP contribution in [0.5, 0.6) is 0 Å². The normalized spacial score (nSPS) is 17.0. The number of halogens is 7. The van der Waals surface area contributed by atoms with Crippen molar-refractivity contribution in [2.75, 3.05) is 39.6 Å². The third-order valence-corrected chi connectivity index (χ3v) is 14.6. The van der Waals surface area contributed by atoms with E-state index in [9.17, 15) is 26.3 Å². The quantitative estimate of drug-likeness (QED) is 0.0967. The zero-order valence-electron chi connectivity index (χ0n) is 45.1. The minimum atomic E-state index is -0.702. The second-order valence-electron chi connectivity index (χ2n) is 19.6. The van der Waals surface area contributed by atoms with Crippen LogP contribution in [0, 0.1) is 34.9 Å². The highest BCUT2D eigenvalue weighted by atomic mass is 79.9. The van der Waals surface area contributed by atoms with Crippen LogP contribution in [0.4, 0.5) is 26.3 Å². The molecule has 6 aromatic carbocycles. The highest BCUT2D eigenvalue weighted by molar-refractivity contribution is 9.10. The number of aromatic nitrogens is 6. The van der Waals surface area contributed by atoms with Gasteiger partial charge in [-0.3, -0.25) is 0 Å². The maximum atomic E-state index is 14.5. The molecule has 0 aliphatic carbocycles. The number of nitrogens with one attached hydrogen (secondary N) is 1. The molecule has 3 aromatic heterocycles. The third-order valence-electron chi connectivity index (χ3n) is 13.8. The Kier molecular flexibility index (Phi) is 18.0. The summed E-state index contributed by atoms with van der Waals surface area (Å²) in [5, 5.41) is 0. The van der Waals surface area contributed by atoms with Gasteiger partial charge < -0.3 is 51.8 Å². The fourth-order valence-electron chi connectivity index (χ4n) is 9.03. The van der Waals surface area contributed by atoms with Crippen molar-refractivity contribution in [2.24, 2.45) is 14.1 Å². The van der Waals surface area contributed by atoms with Crippen LogP contribution in [0.2, 0.25) is 0 Å². The van der Waals surface area contributed by atoms with Gasteiger partial charge in [0, 0.05) is 30.8 Å². The van der Waals surface area contributed by atoms with E-state index in [-0.39, 0.29) is 33.9 Å². The fraction of sp³-hybridized carbons (Fsp3) is 0.328. The number of aryl methyl sites for hydroxylation is 2. The van der Waals surface area contributed by atoms with Crippen molar-refractivity contribution in [3.63, 3.8) is 0 Å². The molecule has 13 rings (SSSR count). The first-order valence-electron chi connectivity index (χ1n) is 25.8. The molecule has 0 bridgehead atoms. The van der Waals surface area contributed by atoms with Gasteiger partial charge in [0.15, 0.2) is 18.9 Å². The molecule has 7 heterocycles. The van der Waals surface area contributed by atoms with Crippen LogP contribution in [-0.4, -0.2) is 87.0 Å². The SMILES string of the molecule is CC.CC1(C)OB(c2ccc3nc[nH]c3c2)OC1(C)C.Cn1cnc2cc(-c3c(F)cc(C4OCCO4)cc3F)ccc21.Cn1cnc2ccc(-c3c(F)cc(C4OCCO4)cc3F)cc21.Fc1cc(C2OCCO2)cc(F)c1Br. The van der Waals surface area contributed by atoms with Crippen molar-refractivity contribution in [1.82, 2.24) is 29.1 Å². The van der Waals surface area contributed by atoms with Crippen LogP contribution in [0.3, 0.4) is 0 Å². The van der Waals surface area contributed by atoms with Gasteiger partial charge in [-0.1, -0.05) is 32.0 Å². The molecule has 14 nitrogen and oxygen atoms in total. The number of hydrogen-bond donors (Lipinski definition) is 1. The van der Waals surface area contributed by atoms with Gasteiger partial charge in [-0.2, -0.15) is 0 Å². The zero-order valence-corrected chi connectivity index (χ0v) is 46.7. The van der Waals surface area contributed by atoms with Gasteiger partial charge in [0.05, 0.1) is 119 Å². The Morgan fingerprint density at radius 3 is 1.40 bits per heavy atom. The molecular formula is C58H58BBrF6N6O8. The highest BCUT2D eigenvalue weighted by Gasteiger charge is 2.51. The molecule has 0 unspecified atom stereocenters. The predicted molar refractivity (Wildman–Crippen MR) is 293 cm³/mol. The van der Waals surface area contributed by atoms with E-state index in [1.165, 1.54) is 36.4 Å². The first-order valence-corrected chi connectivity index (χ1v) is 26.6. The van der Waals surface area contributed by atoms with Crippen molar-refractivity contribution in [1.29, 1.82) is 0 Å². The van der Waals surface area contributed by atoms with E-state index < -0.39 is 53.8 Å². The van der Waals surface area contributed by atoms with E-state index in [2.05, 4.69) is 63.6 Å². The maximum Gasteiger partial charge on any atom is 0.494 e. The molecule has 0 atom stereocenters. The first-order chi connectivity index (χ1) is 38.3. The Labute approximate surface area is 466 Å². The van der Waals surface area contributed by atoms with Crippen molar-refractivity contribution in [3.05, 3.63) is 166 Å². The third kappa shape index (κ3) is 12.5. The summed E-state index contributed by atoms with van der Waals surface area (Å²) in [7, 11) is 3.39. The van der Waals surface area contributed by atoms with Gasteiger partial charge in [-0.25, -0.2) is 41.3 Å². The minimum absolute atomic E-state index is 0.0603. The number of ether oxygens (including phenoxy) is 6. The molecule has 4 aliphatic rings. The molecule has 420 valence electrons. The second kappa shape index (κ2) is 24.7. The van der Waals surface area contributed by atoms with E-state index in [0.717, 1.165) is 33.0 Å². The van der Waals surface area contributed by atoms with Gasteiger partial charge in [-0.05, 0) is 133 Å². The summed E-state index contributed by atoms with van der Waals surface area (Å²) in [5.41, 5.74) is 7.40. The van der Waals surface area contributed by atoms with Crippen molar-refractivity contribution in [2.45, 2.75) is 71.6 Å². The maximum absolute atomic E-state index is 14.5. The summed E-state index contributed by atoms with van der Waals surface area (Å²) in [6, 6.07) is 23.8. The van der Waals surface area contributed by atoms with Crippen molar-refractivity contribution >= 4 is 61.6 Å². The van der Waals surface area contributed by atoms with E-state index in [1.54, 1.807) is 55.4 Å². The molecule has 0 saturated carbocycles. The molecule has 9 aromatic rings. The Bertz CT molecular complexity index is 3550. The molecule has 4 fully saturated rings. The second-order valence-corrected chi connectivity index (χ2v) is 20.4. The van der Waals surface area contributed by atoms with Crippen LogP contribution in [0.1, 0.15) is 77.1 Å². The van der Waals surface area contributed by atoms with Crippen LogP contribution < -0.4 is 5.46 Å². The summed E-state index contributed by atoms with van der Waals surface area (Å²) in [4.78, 5) is 15.7. The predicted octanol–water partition coefficient (Wildman–Crippen LogP) is 12.8. The smallest absolute Gasteiger partial charge is 0.399 e. The van der Waals surface area contributed by atoms with Crippen LogP contribution >= 0.6 is 15.9 Å². The molecule has 1 N–H and O–H groups in total. The largest absolute Gasteiger partial charge is 0.494 e. The molecular weight excluding hydrogens is 1110 g/mol. The number of fused-ring (bicyclic) bond motifs is 3. The van der Waals surface area contributed by atoms with Crippen LogP contribution in [0.15, 0.2) is 114 Å². The average Bonchev–Trinajstić information content (AvgIpc) is 4.32. The van der Waals surface area contributed by atoms with Crippen LogP contribution in [0.25, 0.3) is 55.4 Å². The number of imidazole rings is 3. The zero-order chi connectivity index (χ0) is 57.0. The summed E-state index contributed by atoms with van der Waals surface area (Å²) in [5.74, 6) is -3.87. The molecule has 0 spiro atoms. The Morgan fingerprint density at radius 2 is 0.912 bits per heavy atom. The number of hydrogen-bond acceptors (Lipinski definition) is 11. The van der Waals surface area contributed by atoms with Gasteiger partial charge in [0.25, 0.3) is 0 Å². The molecule has 80 heavy (non-hydrogen) atoms. The molecule has 22 heteroatoms. The standard InChI is InChI=1S/2C17H14F2N2O2.C13H17BN2O2.C9H7BrF2O2.C2H6/c1-21-9-20-14-8-10(2-3-15(14)21)16-12(18)6-11(7-13(16)19)17-22-4-5-23-17;1-21-9-20-14-3-2-10(8-15(14)21)16-12(18)6-11(7-13(16)19)17-22-4-5-23-17;1-12(2)13(3,4)18-14(17-12)9-5-6-10-11(7-9)16-8-15-10;10-8-6(11)3-5(4-7(8)12)9-13-1-2-14-9;1-2/h2*2-3,6-9,17H,4-5H2,1H3;5-8H,1-4H3,(H,15,16);3-4,9H,1-2H2;1-2H3. The lowest BCUT2D eigenvalue weighted by atomic mass is 9.79. The molecule has 4 aliphatic heterocycles. The summed E-state index contributed by atoms with van der Waals surface area (Å²) < 4.78 is 131. The topological polar surface area (TPSA) is 138 Å². The lowest BCUT2D eigenvalue weighted by Crippen LogP contribution is -2.41. The Balaban J connectivity index is 0.000000130. The van der Waals surface area contributed by atoms with E-state index in [1.807, 2.05) is 55.3 Å². The first kappa shape index (κ1) is 58.2. The molecule has 0 radical (unpaired) electrons. The summed E-state index contributed by atoms with van der Waals surface area (Å²) in [6.45, 7) is 14.8. The monoisotopic (exact) mass is 1170 g/mol. The van der Waals surface area contributed by atoms with E-state index >= 15 is 0 Å². The Morgan fingerprint density at radius 1 is 0.500 bits per heavy atom. The molecule has 0 amide bonds. The average molecular weight is 1170 g/mol. The van der Waals surface area contributed by atoms with Crippen molar-refractivity contribution < 1.29 is 64.1 Å². The number of nitrogens with zero attached hydrogens (tertiary/aromatic N) is 5. The summed E-state index contributed by atoms with van der Waals surface area (Å²) in [6.07, 6.45) is 2.97. The number of H-pyrrole nitrogens is 1. The van der Waals surface area contributed by atoms with Crippen LogP contribution in [-0.2, 0) is 51.8 Å². The minimum Gasteiger partial charge on any atom is -0.399 e. The van der Waals surface area contributed by atoms with Gasteiger partial charge in [0.1, 0.15) is 34.9 Å². The molecule has 4 saturated heterocycles. The Hall–Kier alpha value is -6.47. The lowest BCUT2D eigenvalue weighted by Gasteiger charge is -2.32. The van der Waals surface area contributed by atoms with Gasteiger partial charge in [-0.15, -0.1) is 0 Å². The fourth-order valence-corrected chi connectivity index (χ4v) is 9.25. The number of benzene rings is 6. The van der Waals surface area contributed by atoms with Gasteiger partial charge >= 0.3 is 7.12 Å². The van der Waals surface area contributed by atoms with E-state index in [4.69, 9.17) is 37.7 Å². The van der Waals surface area contributed by atoms with E-state index in [0.29, 0.717) is 73.0 Å².